The van der Waals surface area contributed by atoms with Crippen LogP contribution in [0.4, 0.5) is 9.39 Å². The lowest BCUT2D eigenvalue weighted by Gasteiger charge is -2.16. The van der Waals surface area contributed by atoms with Gasteiger partial charge in [0.2, 0.25) is 5.91 Å². The summed E-state index contributed by atoms with van der Waals surface area (Å²) < 4.78 is 31.2. The normalized spacial score (nSPS) is 11.7. The van der Waals surface area contributed by atoms with Crippen LogP contribution in [0.1, 0.15) is 65.2 Å². The zero-order chi connectivity index (χ0) is 28.7. The van der Waals surface area contributed by atoms with Gasteiger partial charge in [0.15, 0.2) is 17.1 Å². The van der Waals surface area contributed by atoms with E-state index in [0.717, 1.165) is 29.2 Å². The molecule has 1 amide bonds. The van der Waals surface area contributed by atoms with Gasteiger partial charge in [-0.15, -0.1) is 21.5 Å². The molecular formula is C25H28ClFN4O6S2. The van der Waals surface area contributed by atoms with Gasteiger partial charge in [0.05, 0.1) is 29.6 Å². The van der Waals surface area contributed by atoms with E-state index >= 15 is 0 Å². The number of carbonyl (C=O) groups is 3. The Morgan fingerprint density at radius 1 is 1.15 bits per heavy atom. The van der Waals surface area contributed by atoms with Gasteiger partial charge < -0.3 is 24.1 Å². The summed E-state index contributed by atoms with van der Waals surface area (Å²) in [7, 11) is 0. The minimum atomic E-state index is -0.643. The second-order valence-electron chi connectivity index (χ2n) is 7.96. The van der Waals surface area contributed by atoms with E-state index in [-0.39, 0.29) is 39.4 Å². The first kappa shape index (κ1) is 30.4. The summed E-state index contributed by atoms with van der Waals surface area (Å²) >= 11 is 8.17. The van der Waals surface area contributed by atoms with Gasteiger partial charge in [0.1, 0.15) is 21.4 Å². The van der Waals surface area contributed by atoms with Crippen molar-refractivity contribution in [3.05, 3.63) is 50.9 Å². The monoisotopic (exact) mass is 598 g/mol. The average Bonchev–Trinajstić information content (AvgIpc) is 3.45. The Hall–Kier alpha value is -3.16. The van der Waals surface area contributed by atoms with E-state index in [1.807, 2.05) is 6.92 Å². The molecule has 3 aromatic rings. The Morgan fingerprint density at radius 2 is 1.85 bits per heavy atom. The number of benzene rings is 1. The molecule has 1 N–H and O–H groups in total. The molecule has 14 heteroatoms. The first-order chi connectivity index (χ1) is 18.6. The molecule has 0 aliphatic rings. The van der Waals surface area contributed by atoms with Gasteiger partial charge in [0, 0.05) is 6.54 Å². The van der Waals surface area contributed by atoms with Crippen LogP contribution in [0.25, 0.3) is 0 Å². The van der Waals surface area contributed by atoms with Crippen molar-refractivity contribution in [1.82, 2.24) is 14.8 Å². The lowest BCUT2D eigenvalue weighted by molar-refractivity contribution is -0.113. The molecular weight excluding hydrogens is 571 g/mol. The predicted octanol–water partition coefficient (Wildman–Crippen LogP) is 5.68. The summed E-state index contributed by atoms with van der Waals surface area (Å²) in [5.41, 5.74) is 0.498. The third kappa shape index (κ3) is 7.28. The number of halogens is 2. The van der Waals surface area contributed by atoms with E-state index in [2.05, 4.69) is 15.5 Å². The predicted molar refractivity (Wildman–Crippen MR) is 146 cm³/mol. The summed E-state index contributed by atoms with van der Waals surface area (Å²) in [5, 5.41) is 11.9. The van der Waals surface area contributed by atoms with Crippen molar-refractivity contribution in [2.24, 2.45) is 0 Å². The number of ether oxygens (including phenoxy) is 3. The Kier molecular flexibility index (Phi) is 10.7. The second kappa shape index (κ2) is 13.8. The second-order valence-corrected chi connectivity index (χ2v) is 10.3. The first-order valence-electron chi connectivity index (χ1n) is 12.1. The smallest absolute Gasteiger partial charge is 0.348 e. The largest absolute Gasteiger partial charge is 0.481 e. The number of nitrogens with zero attached hydrogens (tertiary/aromatic N) is 3. The molecule has 0 radical (unpaired) electrons. The fourth-order valence-corrected chi connectivity index (χ4v) is 5.68. The standard InChI is InChI=1S/C25H28ClFN4O6S2/c1-6-31-21(14(5)37-17-10-9-15(27)11-16(17)26)29-30-25(31)38-12-18(32)28-22-19(23(33)35-7-2)13(4)20(39-22)24(34)36-8-3/h9-11,14H,6-8,12H2,1-5H3,(H,28,32). The molecule has 3 rings (SSSR count). The van der Waals surface area contributed by atoms with Crippen LogP contribution in [0.2, 0.25) is 5.02 Å². The molecule has 1 aromatic carbocycles. The zero-order valence-corrected chi connectivity index (χ0v) is 24.4. The number of thioether (sulfide) groups is 1. The van der Waals surface area contributed by atoms with Crippen molar-refractivity contribution < 1.29 is 33.0 Å². The molecule has 1 unspecified atom stereocenters. The number of nitrogens with one attached hydrogen (secondary N) is 1. The van der Waals surface area contributed by atoms with Crippen molar-refractivity contribution in [1.29, 1.82) is 0 Å². The molecule has 0 bridgehead atoms. The number of amides is 1. The maximum atomic E-state index is 13.4. The molecule has 0 fully saturated rings. The van der Waals surface area contributed by atoms with Crippen LogP contribution >= 0.6 is 34.7 Å². The molecule has 2 aromatic heterocycles. The van der Waals surface area contributed by atoms with Gasteiger partial charge in [-0.05, 0) is 58.4 Å². The molecule has 0 spiro atoms. The van der Waals surface area contributed by atoms with E-state index in [9.17, 15) is 18.8 Å². The Labute approximate surface area is 238 Å². The molecule has 2 heterocycles. The molecule has 1 atom stereocenters. The maximum absolute atomic E-state index is 13.4. The van der Waals surface area contributed by atoms with Crippen LogP contribution < -0.4 is 10.1 Å². The summed E-state index contributed by atoms with van der Waals surface area (Å²) in [4.78, 5) is 38.0. The van der Waals surface area contributed by atoms with Crippen LogP contribution in [0.5, 0.6) is 5.75 Å². The number of esters is 2. The van der Waals surface area contributed by atoms with Crippen molar-refractivity contribution in [3.8, 4) is 5.75 Å². The highest BCUT2D eigenvalue weighted by Gasteiger charge is 2.28. The molecule has 0 saturated carbocycles. The van der Waals surface area contributed by atoms with Gasteiger partial charge in [-0.2, -0.15) is 0 Å². The van der Waals surface area contributed by atoms with Gasteiger partial charge in [-0.1, -0.05) is 23.4 Å². The van der Waals surface area contributed by atoms with Crippen LogP contribution in [-0.4, -0.2) is 51.6 Å². The molecule has 210 valence electrons. The fraction of sp³-hybridized carbons (Fsp3) is 0.400. The highest BCUT2D eigenvalue weighted by atomic mass is 35.5. The van der Waals surface area contributed by atoms with Crippen molar-refractivity contribution in [2.45, 2.75) is 52.4 Å². The van der Waals surface area contributed by atoms with Crippen molar-refractivity contribution >= 4 is 57.5 Å². The number of anilines is 1. The summed E-state index contributed by atoms with van der Waals surface area (Å²) in [6, 6.07) is 3.84. The van der Waals surface area contributed by atoms with Crippen molar-refractivity contribution in [3.63, 3.8) is 0 Å². The van der Waals surface area contributed by atoms with E-state index in [4.69, 9.17) is 25.8 Å². The van der Waals surface area contributed by atoms with E-state index < -0.39 is 29.8 Å². The lowest BCUT2D eigenvalue weighted by Crippen LogP contribution is -2.17. The van der Waals surface area contributed by atoms with Crippen LogP contribution in [-0.2, 0) is 20.8 Å². The molecule has 10 nitrogen and oxygen atoms in total. The number of carbonyl (C=O) groups excluding carboxylic acids is 3. The SMILES string of the molecule is CCOC(=O)c1sc(NC(=O)CSc2nnc(C(C)Oc3ccc(F)cc3Cl)n2CC)c(C(=O)OCC)c1C. The third-order valence-corrected chi connectivity index (χ3v) is 7.74. The number of hydrogen-bond acceptors (Lipinski definition) is 10. The van der Waals surface area contributed by atoms with Crippen LogP contribution in [0, 0.1) is 12.7 Å². The topological polar surface area (TPSA) is 122 Å². The highest BCUT2D eigenvalue weighted by molar-refractivity contribution is 7.99. The Morgan fingerprint density at radius 3 is 2.49 bits per heavy atom. The van der Waals surface area contributed by atoms with Crippen LogP contribution in [0.15, 0.2) is 23.4 Å². The van der Waals surface area contributed by atoms with Crippen molar-refractivity contribution in [2.75, 3.05) is 24.3 Å². The Balaban J connectivity index is 1.73. The fourth-order valence-electron chi connectivity index (χ4n) is 3.55. The number of rotatable bonds is 12. The minimum Gasteiger partial charge on any atom is -0.481 e. The van der Waals surface area contributed by atoms with Gasteiger partial charge >= 0.3 is 11.9 Å². The van der Waals surface area contributed by atoms with Crippen LogP contribution in [0.3, 0.4) is 0 Å². The number of hydrogen-bond donors (Lipinski definition) is 1. The van der Waals surface area contributed by atoms with Gasteiger partial charge in [-0.25, -0.2) is 14.0 Å². The van der Waals surface area contributed by atoms with E-state index in [0.29, 0.717) is 28.8 Å². The summed E-state index contributed by atoms with van der Waals surface area (Å²) in [6.45, 7) is 9.40. The molecule has 39 heavy (non-hydrogen) atoms. The highest BCUT2D eigenvalue weighted by Crippen LogP contribution is 2.35. The lowest BCUT2D eigenvalue weighted by atomic mass is 10.1. The van der Waals surface area contributed by atoms with E-state index in [1.54, 1.807) is 32.3 Å². The summed E-state index contributed by atoms with van der Waals surface area (Å²) in [6.07, 6.45) is -0.564. The molecule has 0 aliphatic carbocycles. The number of thiophene rings is 1. The first-order valence-corrected chi connectivity index (χ1v) is 14.2. The maximum Gasteiger partial charge on any atom is 0.348 e. The average molecular weight is 599 g/mol. The molecule has 0 aliphatic heterocycles. The minimum absolute atomic E-state index is 0.0505. The molecule has 0 saturated heterocycles. The van der Waals surface area contributed by atoms with Gasteiger partial charge in [0.25, 0.3) is 0 Å². The van der Waals surface area contributed by atoms with E-state index in [1.165, 1.54) is 12.1 Å². The number of aromatic nitrogens is 3. The Bertz CT molecular complexity index is 1360. The van der Waals surface area contributed by atoms with Gasteiger partial charge in [-0.3, -0.25) is 4.79 Å². The summed E-state index contributed by atoms with van der Waals surface area (Å²) in [5.74, 6) is -1.37. The third-order valence-electron chi connectivity index (χ3n) is 5.30. The zero-order valence-electron chi connectivity index (χ0n) is 22.0. The quantitative estimate of drug-likeness (QED) is 0.207.